The number of hydrogen-bond donors (Lipinski definition) is 0. The van der Waals surface area contributed by atoms with Crippen molar-refractivity contribution in [3.8, 4) is 0 Å². The zero-order chi connectivity index (χ0) is 12.8. The van der Waals surface area contributed by atoms with Gasteiger partial charge in [0.1, 0.15) is 0 Å². The Kier molecular flexibility index (Phi) is 4.84. The number of benzene rings is 1. The molecule has 0 atom stereocenters. The molecule has 1 aromatic rings. The Morgan fingerprint density at radius 2 is 2.06 bits per heavy atom. The van der Waals surface area contributed by atoms with E-state index >= 15 is 0 Å². The second-order valence-electron chi connectivity index (χ2n) is 3.22. The van der Waals surface area contributed by atoms with Crippen molar-refractivity contribution >= 4 is 28.0 Å². The second kappa shape index (κ2) is 6.15. The molecule has 0 fully saturated rings. The van der Waals surface area contributed by atoms with Crippen molar-refractivity contribution in [2.24, 2.45) is 0 Å². The van der Waals surface area contributed by atoms with E-state index in [2.05, 4.69) is 20.7 Å². The van der Waals surface area contributed by atoms with Crippen molar-refractivity contribution in [1.82, 2.24) is 0 Å². The molecular formula is C11H10BrNO4. The highest BCUT2D eigenvalue weighted by atomic mass is 79.9. The summed E-state index contributed by atoms with van der Waals surface area (Å²) in [4.78, 5) is 20.7. The van der Waals surface area contributed by atoms with E-state index in [9.17, 15) is 14.9 Å². The maximum Gasteiger partial charge on any atom is 0.303 e. The molecule has 0 aliphatic heterocycles. The van der Waals surface area contributed by atoms with E-state index < -0.39 is 10.9 Å². The zero-order valence-corrected chi connectivity index (χ0v) is 10.6. The lowest BCUT2D eigenvalue weighted by atomic mass is 10.2. The zero-order valence-electron chi connectivity index (χ0n) is 9.05. The van der Waals surface area contributed by atoms with Gasteiger partial charge < -0.3 is 4.74 Å². The van der Waals surface area contributed by atoms with Gasteiger partial charge in [-0.25, -0.2) is 0 Å². The molecule has 1 aromatic carbocycles. The van der Waals surface area contributed by atoms with Crippen molar-refractivity contribution in [2.45, 2.75) is 6.92 Å². The topological polar surface area (TPSA) is 69.4 Å². The maximum absolute atomic E-state index is 10.7. The van der Waals surface area contributed by atoms with Gasteiger partial charge in [-0.3, -0.25) is 14.9 Å². The fourth-order valence-electron chi connectivity index (χ4n) is 1.07. The van der Waals surface area contributed by atoms with Crippen molar-refractivity contribution in [3.05, 3.63) is 50.1 Å². The number of nitrogens with zero attached hydrogens (tertiary/aromatic N) is 1. The van der Waals surface area contributed by atoms with Crippen LogP contribution in [0.4, 0.5) is 0 Å². The highest BCUT2D eigenvalue weighted by Crippen LogP contribution is 2.13. The van der Waals surface area contributed by atoms with E-state index in [0.29, 0.717) is 5.56 Å². The van der Waals surface area contributed by atoms with E-state index in [4.69, 9.17) is 0 Å². The fraction of sp³-hybridized carbons (Fsp3) is 0.182. The Labute approximate surface area is 106 Å². The lowest BCUT2D eigenvalue weighted by Crippen LogP contribution is -2.09. The molecular weight excluding hydrogens is 290 g/mol. The van der Waals surface area contributed by atoms with Crippen LogP contribution in [0.5, 0.6) is 0 Å². The van der Waals surface area contributed by atoms with Gasteiger partial charge in [-0.2, -0.15) is 0 Å². The van der Waals surface area contributed by atoms with Crippen LogP contribution in [-0.4, -0.2) is 17.5 Å². The third kappa shape index (κ3) is 4.78. The molecule has 0 radical (unpaired) electrons. The van der Waals surface area contributed by atoms with Gasteiger partial charge in [0, 0.05) is 17.5 Å². The number of halogens is 1. The molecule has 17 heavy (non-hydrogen) atoms. The quantitative estimate of drug-likeness (QED) is 0.487. The Balaban J connectivity index is 2.86. The van der Waals surface area contributed by atoms with Crippen molar-refractivity contribution in [2.75, 3.05) is 6.61 Å². The van der Waals surface area contributed by atoms with E-state index in [1.54, 1.807) is 24.3 Å². The highest BCUT2D eigenvalue weighted by Gasteiger charge is 2.12. The first kappa shape index (κ1) is 13.4. The molecule has 0 N–H and O–H groups in total. The van der Waals surface area contributed by atoms with Gasteiger partial charge >= 0.3 is 5.97 Å². The SMILES string of the molecule is CC(=O)OC/C(=C\c1ccc(Br)cc1)[N+](=O)[O-]. The van der Waals surface area contributed by atoms with Gasteiger partial charge in [0.15, 0.2) is 6.61 Å². The van der Waals surface area contributed by atoms with Crippen LogP contribution in [0.2, 0.25) is 0 Å². The van der Waals surface area contributed by atoms with Crippen LogP contribution in [0.25, 0.3) is 6.08 Å². The van der Waals surface area contributed by atoms with Crippen molar-refractivity contribution in [3.63, 3.8) is 0 Å². The van der Waals surface area contributed by atoms with Gasteiger partial charge in [0.05, 0.1) is 4.92 Å². The summed E-state index contributed by atoms with van der Waals surface area (Å²) in [6.07, 6.45) is 1.37. The summed E-state index contributed by atoms with van der Waals surface area (Å²) in [6.45, 7) is 0.871. The molecule has 0 aliphatic rings. The maximum atomic E-state index is 10.7. The Morgan fingerprint density at radius 3 is 2.53 bits per heavy atom. The minimum Gasteiger partial charge on any atom is -0.454 e. The first-order valence-electron chi connectivity index (χ1n) is 4.73. The van der Waals surface area contributed by atoms with Crippen LogP contribution in [0.1, 0.15) is 12.5 Å². The summed E-state index contributed by atoms with van der Waals surface area (Å²) >= 11 is 3.27. The minimum atomic E-state index is -0.564. The minimum absolute atomic E-state index is 0.164. The monoisotopic (exact) mass is 299 g/mol. The molecule has 1 rings (SSSR count). The van der Waals surface area contributed by atoms with E-state index in [-0.39, 0.29) is 12.3 Å². The van der Waals surface area contributed by atoms with E-state index in [0.717, 1.165) is 4.47 Å². The third-order valence-corrected chi connectivity index (χ3v) is 2.39. The average molecular weight is 300 g/mol. The average Bonchev–Trinajstić information content (AvgIpc) is 2.26. The summed E-state index contributed by atoms with van der Waals surface area (Å²) in [5.41, 5.74) is 0.509. The number of esters is 1. The fourth-order valence-corrected chi connectivity index (χ4v) is 1.34. The molecule has 0 bridgehead atoms. The Morgan fingerprint density at radius 1 is 1.47 bits per heavy atom. The number of hydrogen-bond acceptors (Lipinski definition) is 4. The smallest absolute Gasteiger partial charge is 0.303 e. The standard InChI is InChI=1S/C11H10BrNO4/c1-8(14)17-7-11(13(15)16)6-9-2-4-10(12)5-3-9/h2-6H,7H2,1H3/b11-6+. The number of carbonyl (C=O) groups excluding carboxylic acids is 1. The largest absolute Gasteiger partial charge is 0.454 e. The van der Waals surface area contributed by atoms with Crippen LogP contribution < -0.4 is 0 Å². The Bertz CT molecular complexity index is 453. The molecule has 0 unspecified atom stereocenters. The summed E-state index contributed by atoms with van der Waals surface area (Å²) < 4.78 is 5.49. The predicted molar refractivity (Wildman–Crippen MR) is 65.7 cm³/mol. The molecule has 0 heterocycles. The van der Waals surface area contributed by atoms with Gasteiger partial charge in [-0.05, 0) is 17.7 Å². The van der Waals surface area contributed by atoms with Crippen LogP contribution in [0, 0.1) is 10.1 Å². The van der Waals surface area contributed by atoms with Crippen LogP contribution in [0.15, 0.2) is 34.4 Å². The van der Waals surface area contributed by atoms with Gasteiger partial charge in [0.25, 0.3) is 5.70 Å². The summed E-state index contributed by atoms with van der Waals surface area (Å²) in [6, 6.07) is 6.99. The summed E-state index contributed by atoms with van der Waals surface area (Å²) in [5.74, 6) is -0.548. The number of rotatable bonds is 4. The number of nitro groups is 1. The molecule has 0 aromatic heterocycles. The summed E-state index contributed by atoms with van der Waals surface area (Å²) in [7, 11) is 0. The molecule has 90 valence electrons. The molecule has 0 amide bonds. The highest BCUT2D eigenvalue weighted by molar-refractivity contribution is 9.10. The van der Waals surface area contributed by atoms with Crippen molar-refractivity contribution < 1.29 is 14.5 Å². The van der Waals surface area contributed by atoms with Gasteiger partial charge in [-0.15, -0.1) is 0 Å². The summed E-state index contributed by atoms with van der Waals surface area (Å²) in [5, 5.41) is 10.7. The second-order valence-corrected chi connectivity index (χ2v) is 4.14. The van der Waals surface area contributed by atoms with Crippen LogP contribution in [-0.2, 0) is 9.53 Å². The third-order valence-electron chi connectivity index (χ3n) is 1.86. The van der Waals surface area contributed by atoms with Crippen LogP contribution >= 0.6 is 15.9 Å². The Hall–Kier alpha value is -1.69. The molecule has 0 spiro atoms. The number of carbonyl (C=O) groups is 1. The molecule has 0 aliphatic carbocycles. The van der Waals surface area contributed by atoms with Gasteiger partial charge in [0.2, 0.25) is 0 Å². The molecule has 0 saturated carbocycles. The van der Waals surface area contributed by atoms with Gasteiger partial charge in [-0.1, -0.05) is 28.1 Å². The van der Waals surface area contributed by atoms with E-state index in [1.165, 1.54) is 13.0 Å². The lowest BCUT2D eigenvalue weighted by molar-refractivity contribution is -0.428. The first-order chi connectivity index (χ1) is 7.99. The van der Waals surface area contributed by atoms with Crippen LogP contribution in [0.3, 0.4) is 0 Å². The first-order valence-corrected chi connectivity index (χ1v) is 5.52. The predicted octanol–water partition coefficient (Wildman–Crippen LogP) is 2.63. The molecule has 0 saturated heterocycles. The van der Waals surface area contributed by atoms with E-state index in [1.807, 2.05) is 0 Å². The lowest BCUT2D eigenvalue weighted by Gasteiger charge is -2.00. The van der Waals surface area contributed by atoms with Crippen molar-refractivity contribution in [1.29, 1.82) is 0 Å². The normalized spacial score (nSPS) is 11.1. The molecule has 6 heteroatoms. The number of ether oxygens (including phenoxy) is 1. The molecule has 5 nitrogen and oxygen atoms in total.